The normalized spacial score (nSPS) is 10.9. The van der Waals surface area contributed by atoms with Crippen molar-refractivity contribution >= 4 is 40.7 Å². The standard InChI is InChI=1S/C19H20Cl2N6/c1-27(2)11-10-23-19-24-16(13-6-8-22-9-7-13)12-17(26-19)25-18-14(20)4-3-5-15(18)21/h3-9,12H,10-11H2,1-2H3,(H2,23,24,25,26). The average molecular weight is 403 g/mol. The molecule has 1 aromatic carbocycles. The first-order valence-corrected chi connectivity index (χ1v) is 9.17. The third-order valence-corrected chi connectivity index (χ3v) is 4.39. The number of nitrogens with zero attached hydrogens (tertiary/aromatic N) is 4. The largest absolute Gasteiger partial charge is 0.353 e. The summed E-state index contributed by atoms with van der Waals surface area (Å²) in [5, 5.41) is 7.51. The molecule has 0 unspecified atom stereocenters. The summed E-state index contributed by atoms with van der Waals surface area (Å²) in [5.74, 6) is 1.12. The Morgan fingerprint density at radius 2 is 1.70 bits per heavy atom. The molecule has 3 aromatic rings. The van der Waals surface area contributed by atoms with Crippen LogP contribution in [0.5, 0.6) is 0 Å². The van der Waals surface area contributed by atoms with Gasteiger partial charge in [-0.25, -0.2) is 4.98 Å². The summed E-state index contributed by atoms with van der Waals surface area (Å²) in [4.78, 5) is 15.3. The number of nitrogens with one attached hydrogen (secondary N) is 2. The first kappa shape index (κ1) is 19.4. The van der Waals surface area contributed by atoms with Gasteiger partial charge < -0.3 is 15.5 Å². The quantitative estimate of drug-likeness (QED) is 0.603. The average Bonchev–Trinajstić information content (AvgIpc) is 2.65. The first-order valence-electron chi connectivity index (χ1n) is 8.42. The van der Waals surface area contributed by atoms with E-state index in [1.807, 2.05) is 32.3 Å². The SMILES string of the molecule is CN(C)CCNc1nc(Nc2c(Cl)cccc2Cl)cc(-c2ccncc2)n1. The molecule has 0 atom stereocenters. The van der Waals surface area contributed by atoms with Crippen molar-refractivity contribution in [3.8, 4) is 11.3 Å². The molecule has 0 saturated heterocycles. The van der Waals surface area contributed by atoms with E-state index in [9.17, 15) is 0 Å². The number of pyridine rings is 1. The fraction of sp³-hybridized carbons (Fsp3) is 0.211. The molecule has 3 rings (SSSR count). The van der Waals surface area contributed by atoms with Crippen LogP contribution in [0.2, 0.25) is 10.0 Å². The molecule has 2 N–H and O–H groups in total. The molecule has 140 valence electrons. The maximum Gasteiger partial charge on any atom is 0.225 e. The van der Waals surface area contributed by atoms with Crippen molar-refractivity contribution in [2.45, 2.75) is 0 Å². The highest BCUT2D eigenvalue weighted by Gasteiger charge is 2.11. The van der Waals surface area contributed by atoms with E-state index in [2.05, 4.69) is 30.5 Å². The number of benzene rings is 1. The molecule has 0 spiro atoms. The van der Waals surface area contributed by atoms with E-state index in [1.165, 1.54) is 0 Å². The Kier molecular flexibility index (Phi) is 6.45. The number of halogens is 2. The molecule has 0 aliphatic rings. The fourth-order valence-corrected chi connectivity index (χ4v) is 2.89. The number of hydrogen-bond acceptors (Lipinski definition) is 6. The topological polar surface area (TPSA) is 66.0 Å². The molecule has 0 aliphatic heterocycles. The van der Waals surface area contributed by atoms with E-state index in [0.29, 0.717) is 27.5 Å². The van der Waals surface area contributed by atoms with Crippen LogP contribution in [-0.2, 0) is 0 Å². The van der Waals surface area contributed by atoms with E-state index in [1.54, 1.807) is 30.6 Å². The number of rotatable bonds is 7. The summed E-state index contributed by atoms with van der Waals surface area (Å²) in [6, 6.07) is 11.0. The van der Waals surface area contributed by atoms with Crippen LogP contribution >= 0.6 is 23.2 Å². The Labute approximate surface area is 168 Å². The second-order valence-electron chi connectivity index (χ2n) is 6.15. The summed E-state index contributed by atoms with van der Waals surface area (Å²) in [5.41, 5.74) is 2.32. The minimum absolute atomic E-state index is 0.522. The van der Waals surface area contributed by atoms with Gasteiger partial charge in [0.2, 0.25) is 5.95 Å². The Morgan fingerprint density at radius 1 is 1.00 bits per heavy atom. The Morgan fingerprint density at radius 3 is 2.37 bits per heavy atom. The Hall–Kier alpha value is -2.41. The van der Waals surface area contributed by atoms with Gasteiger partial charge in [0, 0.05) is 37.1 Å². The predicted molar refractivity (Wildman–Crippen MR) is 112 cm³/mol. The summed E-state index contributed by atoms with van der Waals surface area (Å²) in [6.45, 7) is 1.58. The summed E-state index contributed by atoms with van der Waals surface area (Å²) < 4.78 is 0. The molecule has 2 aromatic heterocycles. The van der Waals surface area contributed by atoms with Crippen molar-refractivity contribution in [2.75, 3.05) is 37.8 Å². The molecule has 0 fully saturated rings. The molecule has 0 radical (unpaired) electrons. The van der Waals surface area contributed by atoms with Crippen molar-refractivity contribution < 1.29 is 0 Å². The van der Waals surface area contributed by atoms with Crippen molar-refractivity contribution in [3.05, 3.63) is 58.8 Å². The van der Waals surface area contributed by atoms with Gasteiger partial charge in [-0.2, -0.15) is 4.98 Å². The highest BCUT2D eigenvalue weighted by molar-refractivity contribution is 6.39. The summed E-state index contributed by atoms with van der Waals surface area (Å²) in [7, 11) is 4.03. The fourth-order valence-electron chi connectivity index (χ4n) is 2.40. The number of aromatic nitrogens is 3. The van der Waals surface area contributed by atoms with E-state index in [0.717, 1.165) is 24.3 Å². The van der Waals surface area contributed by atoms with Gasteiger partial charge in [0.1, 0.15) is 5.82 Å². The van der Waals surface area contributed by atoms with Crippen LogP contribution in [-0.4, -0.2) is 47.0 Å². The summed E-state index contributed by atoms with van der Waals surface area (Å²) >= 11 is 12.5. The van der Waals surface area contributed by atoms with Crippen LogP contribution in [0, 0.1) is 0 Å². The zero-order chi connectivity index (χ0) is 19.2. The van der Waals surface area contributed by atoms with Gasteiger partial charge in [-0.1, -0.05) is 29.3 Å². The van der Waals surface area contributed by atoms with E-state index in [4.69, 9.17) is 23.2 Å². The molecule has 8 heteroatoms. The molecule has 6 nitrogen and oxygen atoms in total. The van der Waals surface area contributed by atoms with Gasteiger partial charge in [-0.05, 0) is 38.4 Å². The Bertz CT molecular complexity index is 882. The molecule has 27 heavy (non-hydrogen) atoms. The van der Waals surface area contributed by atoms with Crippen molar-refractivity contribution in [1.82, 2.24) is 19.9 Å². The van der Waals surface area contributed by atoms with Gasteiger partial charge in [0.15, 0.2) is 0 Å². The van der Waals surface area contributed by atoms with Crippen LogP contribution in [0.3, 0.4) is 0 Å². The smallest absolute Gasteiger partial charge is 0.225 e. The van der Waals surface area contributed by atoms with Crippen molar-refractivity contribution in [2.24, 2.45) is 0 Å². The number of para-hydroxylation sites is 1. The lowest BCUT2D eigenvalue weighted by Crippen LogP contribution is -2.21. The zero-order valence-corrected chi connectivity index (χ0v) is 16.6. The molecule has 0 aliphatic carbocycles. The maximum atomic E-state index is 6.27. The van der Waals surface area contributed by atoms with Crippen LogP contribution < -0.4 is 10.6 Å². The van der Waals surface area contributed by atoms with Crippen LogP contribution in [0.4, 0.5) is 17.5 Å². The van der Waals surface area contributed by atoms with Crippen LogP contribution in [0.1, 0.15) is 0 Å². The van der Waals surface area contributed by atoms with Gasteiger partial charge in [0.25, 0.3) is 0 Å². The highest BCUT2D eigenvalue weighted by Crippen LogP contribution is 2.33. The van der Waals surface area contributed by atoms with E-state index < -0.39 is 0 Å². The molecule has 2 heterocycles. The minimum atomic E-state index is 0.522. The van der Waals surface area contributed by atoms with Gasteiger partial charge in [-0.3, -0.25) is 4.98 Å². The number of likely N-dealkylation sites (N-methyl/N-ethyl adjacent to an activating group) is 1. The zero-order valence-electron chi connectivity index (χ0n) is 15.1. The van der Waals surface area contributed by atoms with Gasteiger partial charge in [0.05, 0.1) is 21.4 Å². The van der Waals surface area contributed by atoms with Crippen molar-refractivity contribution in [3.63, 3.8) is 0 Å². The Balaban J connectivity index is 1.94. The lowest BCUT2D eigenvalue weighted by Gasteiger charge is -2.14. The molecule has 0 saturated carbocycles. The van der Waals surface area contributed by atoms with Crippen molar-refractivity contribution in [1.29, 1.82) is 0 Å². The van der Waals surface area contributed by atoms with E-state index in [-0.39, 0.29) is 0 Å². The lowest BCUT2D eigenvalue weighted by molar-refractivity contribution is 0.425. The third-order valence-electron chi connectivity index (χ3n) is 3.76. The molecule has 0 bridgehead atoms. The van der Waals surface area contributed by atoms with Crippen LogP contribution in [0.15, 0.2) is 48.8 Å². The van der Waals surface area contributed by atoms with Gasteiger partial charge >= 0.3 is 0 Å². The monoisotopic (exact) mass is 402 g/mol. The molecule has 0 amide bonds. The molecular weight excluding hydrogens is 383 g/mol. The summed E-state index contributed by atoms with van der Waals surface area (Å²) in [6.07, 6.45) is 3.46. The maximum absolute atomic E-state index is 6.27. The van der Waals surface area contributed by atoms with Gasteiger partial charge in [-0.15, -0.1) is 0 Å². The minimum Gasteiger partial charge on any atom is -0.353 e. The number of anilines is 3. The van der Waals surface area contributed by atoms with E-state index >= 15 is 0 Å². The highest BCUT2D eigenvalue weighted by atomic mass is 35.5. The first-order chi connectivity index (χ1) is 13.0. The lowest BCUT2D eigenvalue weighted by atomic mass is 10.2. The third kappa shape index (κ3) is 5.29. The number of hydrogen-bond donors (Lipinski definition) is 2. The van der Waals surface area contributed by atoms with Crippen LogP contribution in [0.25, 0.3) is 11.3 Å². The second kappa shape index (κ2) is 8.99. The molecular formula is C19H20Cl2N6. The predicted octanol–water partition coefficient (Wildman–Crippen LogP) is 4.56. The second-order valence-corrected chi connectivity index (χ2v) is 6.96.